The molecule has 2 amide bonds. The van der Waals surface area contributed by atoms with Crippen LogP contribution in [0.15, 0.2) is 0 Å². The molecule has 0 radical (unpaired) electrons. The van der Waals surface area contributed by atoms with Gasteiger partial charge in [0.15, 0.2) is 0 Å². The first-order valence-corrected chi connectivity index (χ1v) is 7.42. The molecule has 0 spiro atoms. The Morgan fingerprint density at radius 3 is 2.05 bits per heavy atom. The summed E-state index contributed by atoms with van der Waals surface area (Å²) in [6, 6.07) is -0.444. The van der Waals surface area contributed by atoms with E-state index in [0.717, 1.165) is 12.8 Å². The van der Waals surface area contributed by atoms with Crippen molar-refractivity contribution >= 4 is 11.8 Å². The van der Waals surface area contributed by atoms with E-state index in [-0.39, 0.29) is 11.8 Å². The third kappa shape index (κ3) is 3.47. The second kappa shape index (κ2) is 6.37. The average Bonchev–Trinajstić information content (AvgIpc) is 2.46. The second-order valence-corrected chi connectivity index (χ2v) is 5.77. The highest BCUT2D eigenvalue weighted by Crippen LogP contribution is 2.25. The van der Waals surface area contributed by atoms with Crippen molar-refractivity contribution in [3.63, 3.8) is 0 Å². The molecule has 1 saturated heterocycles. The van der Waals surface area contributed by atoms with Crippen molar-refractivity contribution in [3.8, 4) is 0 Å². The molecule has 0 unspecified atom stereocenters. The van der Waals surface area contributed by atoms with Gasteiger partial charge in [0.2, 0.25) is 11.8 Å². The first kappa shape index (κ1) is 14.3. The van der Waals surface area contributed by atoms with Crippen LogP contribution in [0.4, 0.5) is 0 Å². The van der Waals surface area contributed by atoms with Gasteiger partial charge in [-0.05, 0) is 19.8 Å². The number of amides is 2. The van der Waals surface area contributed by atoms with E-state index in [9.17, 15) is 9.59 Å². The van der Waals surface area contributed by atoms with Gasteiger partial charge in [0.1, 0.15) is 0 Å². The molecule has 2 aliphatic rings. The summed E-state index contributed by atoms with van der Waals surface area (Å²) < 4.78 is 0. The molecule has 5 nitrogen and oxygen atoms in total. The van der Waals surface area contributed by atoms with Gasteiger partial charge in [0.25, 0.3) is 0 Å². The van der Waals surface area contributed by atoms with Crippen LogP contribution in [0.5, 0.6) is 0 Å². The van der Waals surface area contributed by atoms with Gasteiger partial charge in [-0.1, -0.05) is 19.3 Å². The average molecular weight is 267 g/mol. The second-order valence-electron chi connectivity index (χ2n) is 5.77. The number of carbonyl (C=O) groups is 2. The fourth-order valence-electron chi connectivity index (χ4n) is 3.04. The highest BCUT2D eigenvalue weighted by molar-refractivity contribution is 5.82. The third-order valence-corrected chi connectivity index (χ3v) is 4.25. The molecule has 1 heterocycles. The van der Waals surface area contributed by atoms with Crippen molar-refractivity contribution in [1.29, 1.82) is 0 Å². The van der Waals surface area contributed by atoms with Crippen molar-refractivity contribution in [1.82, 2.24) is 9.80 Å². The number of hydrogen-bond donors (Lipinski definition) is 1. The van der Waals surface area contributed by atoms with Crippen LogP contribution < -0.4 is 5.73 Å². The summed E-state index contributed by atoms with van der Waals surface area (Å²) in [5.41, 5.74) is 5.61. The molecular weight excluding hydrogens is 242 g/mol. The van der Waals surface area contributed by atoms with Crippen LogP contribution in [0, 0.1) is 5.92 Å². The third-order valence-electron chi connectivity index (χ3n) is 4.25. The molecule has 1 aliphatic heterocycles. The van der Waals surface area contributed by atoms with E-state index in [1.807, 2.05) is 4.90 Å². The Balaban J connectivity index is 1.82. The van der Waals surface area contributed by atoms with Crippen LogP contribution in [0.1, 0.15) is 39.0 Å². The van der Waals surface area contributed by atoms with Gasteiger partial charge in [0, 0.05) is 32.1 Å². The van der Waals surface area contributed by atoms with Crippen molar-refractivity contribution in [2.45, 2.75) is 45.1 Å². The van der Waals surface area contributed by atoms with Gasteiger partial charge >= 0.3 is 0 Å². The van der Waals surface area contributed by atoms with Crippen LogP contribution in [-0.2, 0) is 9.59 Å². The smallest absolute Gasteiger partial charge is 0.239 e. The zero-order chi connectivity index (χ0) is 13.8. The molecule has 0 bridgehead atoms. The zero-order valence-corrected chi connectivity index (χ0v) is 11.8. The highest BCUT2D eigenvalue weighted by Gasteiger charge is 2.30. The first-order chi connectivity index (χ1) is 9.09. The monoisotopic (exact) mass is 267 g/mol. The van der Waals surface area contributed by atoms with E-state index in [4.69, 9.17) is 5.73 Å². The van der Waals surface area contributed by atoms with Crippen LogP contribution in [0.3, 0.4) is 0 Å². The summed E-state index contributed by atoms with van der Waals surface area (Å²) in [6.45, 7) is 4.28. The van der Waals surface area contributed by atoms with E-state index in [2.05, 4.69) is 0 Å². The van der Waals surface area contributed by atoms with Gasteiger partial charge in [-0.2, -0.15) is 0 Å². The Bertz CT molecular complexity index is 330. The fourth-order valence-corrected chi connectivity index (χ4v) is 3.04. The highest BCUT2D eigenvalue weighted by atomic mass is 16.2. The Hall–Kier alpha value is -1.10. The Morgan fingerprint density at radius 2 is 1.53 bits per heavy atom. The Morgan fingerprint density at radius 1 is 1.00 bits per heavy atom. The topological polar surface area (TPSA) is 66.6 Å². The summed E-state index contributed by atoms with van der Waals surface area (Å²) in [7, 11) is 0. The number of rotatable bonds is 2. The molecule has 0 aromatic heterocycles. The van der Waals surface area contributed by atoms with E-state index >= 15 is 0 Å². The minimum absolute atomic E-state index is 0.00948. The van der Waals surface area contributed by atoms with Crippen molar-refractivity contribution in [2.24, 2.45) is 11.7 Å². The summed E-state index contributed by atoms with van der Waals surface area (Å²) >= 11 is 0. The molecule has 1 atom stereocenters. The molecule has 0 aromatic carbocycles. The number of piperazine rings is 1. The fraction of sp³-hybridized carbons (Fsp3) is 0.857. The molecule has 1 saturated carbocycles. The normalized spacial score (nSPS) is 23.3. The van der Waals surface area contributed by atoms with Crippen LogP contribution in [-0.4, -0.2) is 53.8 Å². The van der Waals surface area contributed by atoms with Crippen molar-refractivity contribution in [2.75, 3.05) is 26.2 Å². The minimum Gasteiger partial charge on any atom is -0.339 e. The predicted molar refractivity (Wildman–Crippen MR) is 73.4 cm³/mol. The molecule has 5 heteroatoms. The maximum Gasteiger partial charge on any atom is 0.239 e. The largest absolute Gasteiger partial charge is 0.339 e. The summed E-state index contributed by atoms with van der Waals surface area (Å²) in [6.07, 6.45) is 5.70. The van der Waals surface area contributed by atoms with Gasteiger partial charge in [-0.25, -0.2) is 0 Å². The zero-order valence-electron chi connectivity index (χ0n) is 11.8. The lowest BCUT2D eigenvalue weighted by molar-refractivity contribution is -0.143. The number of nitrogens with two attached hydrogens (primary N) is 1. The van der Waals surface area contributed by atoms with E-state index in [1.165, 1.54) is 19.3 Å². The van der Waals surface area contributed by atoms with Gasteiger partial charge in [-0.15, -0.1) is 0 Å². The number of hydrogen-bond acceptors (Lipinski definition) is 3. The molecular formula is C14H25N3O2. The minimum atomic E-state index is -0.444. The van der Waals surface area contributed by atoms with E-state index in [1.54, 1.807) is 11.8 Å². The van der Waals surface area contributed by atoms with Crippen molar-refractivity contribution < 1.29 is 9.59 Å². The summed E-state index contributed by atoms with van der Waals surface area (Å²) in [5, 5.41) is 0. The molecule has 19 heavy (non-hydrogen) atoms. The molecule has 0 aromatic rings. The van der Waals surface area contributed by atoms with Crippen LogP contribution in [0.2, 0.25) is 0 Å². The number of nitrogens with zero attached hydrogens (tertiary/aromatic N) is 2. The molecule has 2 rings (SSSR count). The van der Waals surface area contributed by atoms with E-state index < -0.39 is 6.04 Å². The quantitative estimate of drug-likeness (QED) is 0.796. The SMILES string of the molecule is C[C@H](N)C(=O)N1CCN(C(=O)C2CCCCC2)CC1. The lowest BCUT2D eigenvalue weighted by Crippen LogP contribution is -2.54. The lowest BCUT2D eigenvalue weighted by Gasteiger charge is -2.37. The van der Waals surface area contributed by atoms with Crippen LogP contribution >= 0.6 is 0 Å². The summed E-state index contributed by atoms with van der Waals surface area (Å²) in [4.78, 5) is 27.8. The Kier molecular flexibility index (Phi) is 4.80. The molecule has 108 valence electrons. The molecule has 2 N–H and O–H groups in total. The van der Waals surface area contributed by atoms with E-state index in [0.29, 0.717) is 32.1 Å². The van der Waals surface area contributed by atoms with Gasteiger partial charge in [0.05, 0.1) is 6.04 Å². The lowest BCUT2D eigenvalue weighted by atomic mass is 9.88. The molecule has 1 aliphatic carbocycles. The first-order valence-electron chi connectivity index (χ1n) is 7.42. The molecule has 2 fully saturated rings. The maximum atomic E-state index is 12.4. The summed E-state index contributed by atoms with van der Waals surface area (Å²) in [5.74, 6) is 0.516. The predicted octanol–water partition coefficient (Wildman–Crippen LogP) is 0.585. The van der Waals surface area contributed by atoms with Gasteiger partial charge in [-0.3, -0.25) is 9.59 Å². The maximum absolute atomic E-state index is 12.4. The number of carbonyl (C=O) groups excluding carboxylic acids is 2. The van der Waals surface area contributed by atoms with Crippen molar-refractivity contribution in [3.05, 3.63) is 0 Å². The standard InChI is InChI=1S/C14H25N3O2/c1-11(15)13(18)16-7-9-17(10-8-16)14(19)12-5-3-2-4-6-12/h11-12H,2-10,15H2,1H3/t11-/m0/s1. The van der Waals surface area contributed by atoms with Gasteiger partial charge < -0.3 is 15.5 Å². The Labute approximate surface area is 115 Å². The van der Waals surface area contributed by atoms with Crippen LogP contribution in [0.25, 0.3) is 0 Å².